The Morgan fingerprint density at radius 2 is 2.05 bits per heavy atom. The number of carbonyl (C=O) groups is 1. The van der Waals surface area contributed by atoms with Crippen LogP contribution in [0.5, 0.6) is 0 Å². The normalized spacial score (nSPS) is 11.2. The van der Waals surface area contributed by atoms with E-state index in [4.69, 9.17) is 5.11 Å². The van der Waals surface area contributed by atoms with Crippen molar-refractivity contribution in [1.82, 2.24) is 19.8 Å². The molecule has 19 heavy (non-hydrogen) atoms. The van der Waals surface area contributed by atoms with Crippen LogP contribution in [0, 0.1) is 0 Å². The summed E-state index contributed by atoms with van der Waals surface area (Å²) in [7, 11) is 4.05. The zero-order chi connectivity index (χ0) is 14.3. The Balaban J connectivity index is 2.75. The first-order valence-electron chi connectivity index (χ1n) is 6.43. The largest absolute Gasteiger partial charge is 0.478 e. The lowest BCUT2D eigenvalue weighted by molar-refractivity contribution is 0.0693. The maximum atomic E-state index is 11.1. The minimum absolute atomic E-state index is 0.188. The zero-order valence-electron chi connectivity index (χ0n) is 11.8. The predicted octanol–water partition coefficient (Wildman–Crippen LogP) is 0.948. The van der Waals surface area contributed by atoms with Crippen LogP contribution in [-0.4, -0.2) is 64.6 Å². The Bertz CT molecular complexity index is 409. The molecule has 106 valence electrons. The number of hydrogen-bond acceptors (Lipinski definition) is 5. The van der Waals surface area contributed by atoms with Crippen LogP contribution < -0.4 is 0 Å². The third kappa shape index (κ3) is 5.32. The van der Waals surface area contributed by atoms with Gasteiger partial charge in [-0.3, -0.25) is 4.90 Å². The van der Waals surface area contributed by atoms with Gasteiger partial charge >= 0.3 is 5.97 Å². The number of nitrogens with zero attached hydrogens (tertiary/aromatic N) is 4. The first-order valence-corrected chi connectivity index (χ1v) is 6.43. The second kappa shape index (κ2) is 7.81. The Hall–Kier alpha value is -1.53. The molecule has 0 aliphatic rings. The molecule has 0 radical (unpaired) electrons. The predicted molar refractivity (Wildman–Crippen MR) is 73.1 cm³/mol. The highest BCUT2D eigenvalue weighted by Gasteiger charge is 2.14. The molecule has 1 N–H and O–H groups in total. The van der Waals surface area contributed by atoms with E-state index in [-0.39, 0.29) is 5.56 Å². The molecule has 0 spiro atoms. The molecule has 1 aromatic rings. The zero-order valence-corrected chi connectivity index (χ0v) is 11.8. The maximum Gasteiger partial charge on any atom is 0.339 e. The first kappa shape index (κ1) is 15.5. The van der Waals surface area contributed by atoms with Crippen molar-refractivity contribution in [2.45, 2.75) is 19.9 Å². The smallest absolute Gasteiger partial charge is 0.339 e. The Kier molecular flexibility index (Phi) is 6.38. The van der Waals surface area contributed by atoms with Crippen LogP contribution in [0.2, 0.25) is 0 Å². The highest BCUT2D eigenvalue weighted by molar-refractivity contribution is 5.88. The number of rotatable bonds is 8. The molecule has 0 fully saturated rings. The van der Waals surface area contributed by atoms with Gasteiger partial charge in [-0.05, 0) is 27.1 Å². The highest BCUT2D eigenvalue weighted by atomic mass is 16.4. The average molecular weight is 266 g/mol. The Labute approximate surface area is 114 Å². The molecular formula is C13H22N4O2. The van der Waals surface area contributed by atoms with Crippen molar-refractivity contribution in [3.63, 3.8) is 0 Å². The molecule has 0 atom stereocenters. The van der Waals surface area contributed by atoms with E-state index in [1.807, 2.05) is 14.1 Å². The minimum Gasteiger partial charge on any atom is -0.478 e. The molecule has 0 saturated heterocycles. The summed E-state index contributed by atoms with van der Waals surface area (Å²) in [5.41, 5.74) is 0.767. The van der Waals surface area contributed by atoms with Crippen molar-refractivity contribution in [2.75, 3.05) is 33.7 Å². The molecule has 1 aromatic heterocycles. The summed E-state index contributed by atoms with van der Waals surface area (Å²) in [5, 5.41) is 9.12. The van der Waals surface area contributed by atoms with Crippen molar-refractivity contribution >= 4 is 5.97 Å². The van der Waals surface area contributed by atoms with Crippen molar-refractivity contribution in [3.8, 4) is 0 Å². The van der Waals surface area contributed by atoms with E-state index in [1.165, 1.54) is 12.5 Å². The fourth-order valence-corrected chi connectivity index (χ4v) is 1.80. The second-order valence-corrected chi connectivity index (χ2v) is 4.77. The highest BCUT2D eigenvalue weighted by Crippen LogP contribution is 2.08. The van der Waals surface area contributed by atoms with Crippen molar-refractivity contribution in [1.29, 1.82) is 0 Å². The van der Waals surface area contributed by atoms with Crippen LogP contribution in [0.4, 0.5) is 0 Å². The number of aromatic carboxylic acids is 1. The summed E-state index contributed by atoms with van der Waals surface area (Å²) < 4.78 is 0. The molecule has 0 amide bonds. The molecular weight excluding hydrogens is 244 g/mol. The fraction of sp³-hybridized carbons (Fsp3) is 0.615. The van der Waals surface area contributed by atoms with E-state index in [0.717, 1.165) is 26.1 Å². The van der Waals surface area contributed by atoms with Gasteiger partial charge in [0.05, 0.1) is 5.69 Å². The second-order valence-electron chi connectivity index (χ2n) is 4.77. The van der Waals surface area contributed by atoms with Gasteiger partial charge in [-0.15, -0.1) is 0 Å². The van der Waals surface area contributed by atoms with E-state index in [9.17, 15) is 4.79 Å². The Morgan fingerprint density at radius 1 is 1.32 bits per heavy atom. The van der Waals surface area contributed by atoms with Gasteiger partial charge in [-0.25, -0.2) is 14.8 Å². The number of aromatic nitrogens is 2. The fourth-order valence-electron chi connectivity index (χ4n) is 1.80. The molecule has 0 saturated carbocycles. The summed E-state index contributed by atoms with van der Waals surface area (Å²) in [6.45, 7) is 5.42. The standard InChI is InChI=1S/C13H22N4O2/c1-4-5-17(7-6-16(2)3)9-12-11(13(18)19)8-14-10-15-12/h8,10H,4-7,9H2,1-3H3,(H,18,19). The van der Waals surface area contributed by atoms with Crippen molar-refractivity contribution < 1.29 is 9.90 Å². The minimum atomic E-state index is -0.973. The number of likely N-dealkylation sites (N-methyl/N-ethyl adjacent to an activating group) is 1. The summed E-state index contributed by atoms with van der Waals surface area (Å²) in [5.74, 6) is -0.973. The maximum absolute atomic E-state index is 11.1. The van der Waals surface area contributed by atoms with E-state index in [2.05, 4.69) is 26.7 Å². The third-order valence-electron chi connectivity index (χ3n) is 2.80. The molecule has 0 aliphatic heterocycles. The number of carboxylic acid groups (broad SMARTS) is 1. The van der Waals surface area contributed by atoms with E-state index < -0.39 is 5.97 Å². The SMILES string of the molecule is CCCN(CCN(C)C)Cc1ncncc1C(=O)O. The molecule has 6 nitrogen and oxygen atoms in total. The van der Waals surface area contributed by atoms with Crippen LogP contribution in [0.1, 0.15) is 29.4 Å². The quantitative estimate of drug-likeness (QED) is 0.755. The Morgan fingerprint density at radius 3 is 2.63 bits per heavy atom. The van der Waals surface area contributed by atoms with E-state index in [0.29, 0.717) is 12.2 Å². The molecule has 6 heteroatoms. The lowest BCUT2D eigenvalue weighted by Crippen LogP contribution is -2.32. The van der Waals surface area contributed by atoms with Crippen LogP contribution in [0.15, 0.2) is 12.5 Å². The number of hydrogen-bond donors (Lipinski definition) is 1. The molecule has 0 aliphatic carbocycles. The molecule has 1 heterocycles. The van der Waals surface area contributed by atoms with Gasteiger partial charge in [0.25, 0.3) is 0 Å². The lowest BCUT2D eigenvalue weighted by atomic mass is 10.2. The van der Waals surface area contributed by atoms with Crippen LogP contribution in [0.3, 0.4) is 0 Å². The van der Waals surface area contributed by atoms with E-state index in [1.54, 1.807) is 0 Å². The van der Waals surface area contributed by atoms with Gasteiger partial charge in [0.2, 0.25) is 0 Å². The molecule has 0 aromatic carbocycles. The van der Waals surface area contributed by atoms with Crippen LogP contribution >= 0.6 is 0 Å². The first-order chi connectivity index (χ1) is 9.04. The average Bonchev–Trinajstić information content (AvgIpc) is 2.36. The number of carboxylic acids is 1. The third-order valence-corrected chi connectivity index (χ3v) is 2.80. The van der Waals surface area contributed by atoms with Crippen molar-refractivity contribution in [3.05, 3.63) is 23.8 Å². The summed E-state index contributed by atoms with van der Waals surface area (Å²) >= 11 is 0. The molecule has 0 bridgehead atoms. The van der Waals surface area contributed by atoms with Gasteiger partial charge in [0, 0.05) is 25.8 Å². The summed E-state index contributed by atoms with van der Waals surface area (Å²) in [6.07, 6.45) is 3.79. The van der Waals surface area contributed by atoms with Gasteiger partial charge in [0.1, 0.15) is 11.9 Å². The van der Waals surface area contributed by atoms with Crippen LogP contribution in [0.25, 0.3) is 0 Å². The van der Waals surface area contributed by atoms with Gasteiger partial charge in [-0.1, -0.05) is 6.92 Å². The van der Waals surface area contributed by atoms with Gasteiger partial charge < -0.3 is 10.0 Å². The van der Waals surface area contributed by atoms with Gasteiger partial charge in [-0.2, -0.15) is 0 Å². The lowest BCUT2D eigenvalue weighted by Gasteiger charge is -2.23. The van der Waals surface area contributed by atoms with E-state index >= 15 is 0 Å². The topological polar surface area (TPSA) is 69.6 Å². The molecule has 0 unspecified atom stereocenters. The van der Waals surface area contributed by atoms with Gasteiger partial charge in [0.15, 0.2) is 0 Å². The van der Waals surface area contributed by atoms with Crippen LogP contribution in [-0.2, 0) is 6.54 Å². The molecule has 1 rings (SSSR count). The summed E-state index contributed by atoms with van der Waals surface area (Å²) in [4.78, 5) is 23.3. The van der Waals surface area contributed by atoms with Crippen molar-refractivity contribution in [2.24, 2.45) is 0 Å². The monoisotopic (exact) mass is 266 g/mol. The summed E-state index contributed by atoms with van der Waals surface area (Å²) in [6, 6.07) is 0.